The molecule has 2 amide bonds. The van der Waals surface area contributed by atoms with Gasteiger partial charge in [0.2, 0.25) is 5.95 Å². The number of hydrogen-bond donors (Lipinski definition) is 2. The van der Waals surface area contributed by atoms with Crippen molar-refractivity contribution in [1.29, 1.82) is 0 Å². The zero-order valence-corrected chi connectivity index (χ0v) is 20.9. The number of piperidine rings is 1. The summed E-state index contributed by atoms with van der Waals surface area (Å²) in [5, 5.41) is 6.07. The first kappa shape index (κ1) is 22.6. The maximum absolute atomic E-state index is 13.7. The lowest BCUT2D eigenvalue weighted by Gasteiger charge is -2.36. The van der Waals surface area contributed by atoms with Crippen molar-refractivity contribution in [2.45, 2.75) is 31.5 Å². The van der Waals surface area contributed by atoms with E-state index in [-0.39, 0.29) is 5.57 Å². The number of carbonyl (C=O) groups excluding carboxylic acids is 2. The molecule has 0 bridgehead atoms. The molecule has 1 unspecified atom stereocenters. The van der Waals surface area contributed by atoms with E-state index in [1.54, 1.807) is 17.5 Å². The Kier molecular flexibility index (Phi) is 5.33. The van der Waals surface area contributed by atoms with E-state index in [0.29, 0.717) is 41.8 Å². The van der Waals surface area contributed by atoms with E-state index in [1.807, 2.05) is 35.7 Å². The molecule has 2 N–H and O–H groups in total. The minimum atomic E-state index is -0.720. The molecule has 0 aliphatic carbocycles. The molecule has 2 saturated heterocycles. The van der Waals surface area contributed by atoms with Crippen LogP contribution in [-0.4, -0.2) is 70.1 Å². The summed E-state index contributed by atoms with van der Waals surface area (Å²) in [6.07, 6.45) is 3.50. The Morgan fingerprint density at radius 1 is 0.946 bits per heavy atom. The number of fused-ring (bicyclic) bond motifs is 2. The molecule has 10 heteroatoms. The van der Waals surface area contributed by atoms with E-state index in [2.05, 4.69) is 20.1 Å². The lowest BCUT2D eigenvalue weighted by molar-refractivity contribution is -0.122. The molecule has 2 fully saturated rings. The zero-order chi connectivity index (χ0) is 25.1. The van der Waals surface area contributed by atoms with Crippen LogP contribution in [0.3, 0.4) is 0 Å². The molecule has 0 saturated carbocycles. The van der Waals surface area contributed by atoms with Crippen molar-refractivity contribution in [3.05, 3.63) is 53.2 Å². The number of hydrogen-bond acceptors (Lipinski definition) is 7. The maximum Gasteiger partial charge on any atom is 0.261 e. The Morgan fingerprint density at radius 2 is 1.76 bits per heavy atom. The van der Waals surface area contributed by atoms with Gasteiger partial charge in [0.15, 0.2) is 0 Å². The van der Waals surface area contributed by atoms with Crippen molar-refractivity contribution >= 4 is 61.4 Å². The van der Waals surface area contributed by atoms with Gasteiger partial charge in [-0.25, -0.2) is 14.4 Å². The Bertz CT molecular complexity index is 1580. The van der Waals surface area contributed by atoms with E-state index < -0.39 is 18.0 Å². The monoisotopic (exact) mass is 516 g/mol. The van der Waals surface area contributed by atoms with Crippen molar-refractivity contribution in [3.8, 4) is 0 Å². The van der Waals surface area contributed by atoms with Gasteiger partial charge in [0.25, 0.3) is 11.8 Å². The summed E-state index contributed by atoms with van der Waals surface area (Å²) in [7, 11) is 0. The van der Waals surface area contributed by atoms with Crippen LogP contribution >= 0.6 is 11.3 Å². The number of carbonyl (C=O) groups is 2. The number of imide groups is 1. The fraction of sp³-hybridized carbons (Fsp3) is 0.333. The number of aromatic nitrogens is 3. The molecule has 1 atom stereocenters. The van der Waals surface area contributed by atoms with Crippen molar-refractivity contribution in [2.75, 3.05) is 31.1 Å². The summed E-state index contributed by atoms with van der Waals surface area (Å²) in [6, 6.07) is 9.91. The second kappa shape index (κ2) is 8.74. The van der Waals surface area contributed by atoms with Gasteiger partial charge in [-0.1, -0.05) is 18.2 Å². The number of rotatable bonds is 4. The number of aromatic amines is 1. The van der Waals surface area contributed by atoms with E-state index >= 15 is 0 Å². The van der Waals surface area contributed by atoms with Gasteiger partial charge in [-0.3, -0.25) is 19.8 Å². The van der Waals surface area contributed by atoms with Crippen LogP contribution in [0.15, 0.2) is 41.9 Å². The number of likely N-dealkylation sites (tertiary alicyclic amines) is 1. The van der Waals surface area contributed by atoms with Crippen LogP contribution in [0.5, 0.6) is 0 Å². The Balaban J connectivity index is 1.31. The Morgan fingerprint density at radius 3 is 2.57 bits per heavy atom. The first-order chi connectivity index (χ1) is 18.1. The minimum Gasteiger partial charge on any atom is -0.352 e. The van der Waals surface area contributed by atoms with E-state index in [0.717, 1.165) is 53.6 Å². The van der Waals surface area contributed by atoms with Crippen molar-refractivity contribution < 1.29 is 14.0 Å². The molecule has 1 aromatic carbocycles. The first-order valence-corrected chi connectivity index (χ1v) is 13.5. The highest BCUT2D eigenvalue weighted by Gasteiger charge is 2.36. The molecule has 3 aromatic heterocycles. The molecule has 3 aliphatic heterocycles. The van der Waals surface area contributed by atoms with Gasteiger partial charge in [0, 0.05) is 54.8 Å². The number of thiophene rings is 1. The number of nitrogens with zero attached hydrogens (tertiary/aromatic N) is 4. The maximum atomic E-state index is 13.7. The largest absolute Gasteiger partial charge is 0.352 e. The number of nitrogens with one attached hydrogen (secondary N) is 2. The predicted octanol–water partition coefficient (Wildman–Crippen LogP) is 3.75. The molecule has 37 heavy (non-hydrogen) atoms. The molecular weight excluding hydrogens is 491 g/mol. The minimum absolute atomic E-state index is 0.276. The average molecular weight is 517 g/mol. The molecule has 6 heterocycles. The van der Waals surface area contributed by atoms with Gasteiger partial charge >= 0.3 is 0 Å². The van der Waals surface area contributed by atoms with Gasteiger partial charge in [-0.05, 0) is 36.8 Å². The third-order valence-electron chi connectivity index (χ3n) is 7.76. The SMILES string of the molecule is O=C1NC(=O)C(c2c[nH]c3sccc23)=C1c1nc(N2CCC(N3CCC(F)C3)CC2)nc2ccccc12. The summed E-state index contributed by atoms with van der Waals surface area (Å²) in [5.41, 5.74) is 2.48. The number of anilines is 1. The topological polar surface area (TPSA) is 94.2 Å². The molecule has 0 spiro atoms. The third-order valence-corrected chi connectivity index (χ3v) is 8.60. The van der Waals surface area contributed by atoms with Crippen LogP contribution in [-0.2, 0) is 9.59 Å². The number of para-hydroxylation sites is 1. The molecule has 188 valence electrons. The molecular formula is C27H25FN6O2S. The summed E-state index contributed by atoms with van der Waals surface area (Å²) in [5.74, 6) is -0.326. The summed E-state index contributed by atoms with van der Waals surface area (Å²) < 4.78 is 13.7. The van der Waals surface area contributed by atoms with Gasteiger partial charge in [0.05, 0.1) is 22.4 Å². The van der Waals surface area contributed by atoms with Crippen LogP contribution in [0.4, 0.5) is 10.3 Å². The highest BCUT2D eigenvalue weighted by molar-refractivity contribution is 7.16. The standard InChI is InChI=1S/C27H25FN6O2S/c28-15-5-9-34(14-15)16-6-10-33(11-7-16)27-30-20-4-2-1-3-18(20)23(31-27)22-21(24(35)32-25(22)36)19-13-29-26-17(19)8-12-37-26/h1-4,8,12-13,15-16,29H,5-7,9-11,14H2,(H,32,35,36). The fourth-order valence-corrected chi connectivity index (χ4v) is 6.67. The van der Waals surface area contributed by atoms with Crippen LogP contribution in [0.2, 0.25) is 0 Å². The molecule has 4 aromatic rings. The van der Waals surface area contributed by atoms with Crippen molar-refractivity contribution in [3.63, 3.8) is 0 Å². The summed E-state index contributed by atoms with van der Waals surface area (Å²) >= 11 is 1.55. The lowest BCUT2D eigenvalue weighted by Crippen LogP contribution is -2.44. The molecule has 7 rings (SSSR count). The predicted molar refractivity (Wildman–Crippen MR) is 142 cm³/mol. The zero-order valence-electron chi connectivity index (χ0n) is 20.0. The lowest BCUT2D eigenvalue weighted by atomic mass is 9.97. The number of H-pyrrole nitrogens is 1. The van der Waals surface area contributed by atoms with Gasteiger partial charge in [0.1, 0.15) is 11.0 Å². The van der Waals surface area contributed by atoms with E-state index in [4.69, 9.17) is 9.97 Å². The van der Waals surface area contributed by atoms with Crippen molar-refractivity contribution in [1.82, 2.24) is 25.2 Å². The van der Waals surface area contributed by atoms with Crippen LogP contribution in [0, 0.1) is 0 Å². The second-order valence-electron chi connectivity index (χ2n) is 9.89. The number of amides is 2. The highest BCUT2D eigenvalue weighted by Crippen LogP contribution is 2.38. The summed E-state index contributed by atoms with van der Waals surface area (Å²) in [4.78, 5) is 44.6. The van der Waals surface area contributed by atoms with E-state index in [1.165, 1.54) is 0 Å². The first-order valence-electron chi connectivity index (χ1n) is 12.6. The quantitative estimate of drug-likeness (QED) is 0.401. The van der Waals surface area contributed by atoms with Crippen LogP contribution in [0.25, 0.3) is 32.3 Å². The van der Waals surface area contributed by atoms with Crippen LogP contribution < -0.4 is 10.2 Å². The molecule has 3 aliphatic rings. The normalized spacial score (nSPS) is 21.6. The highest BCUT2D eigenvalue weighted by atomic mass is 32.1. The Labute approximate surface area is 216 Å². The summed E-state index contributed by atoms with van der Waals surface area (Å²) in [6.45, 7) is 2.84. The molecule has 0 radical (unpaired) electrons. The Hall–Kier alpha value is -3.63. The smallest absolute Gasteiger partial charge is 0.261 e. The number of halogens is 1. The molecule has 8 nitrogen and oxygen atoms in total. The van der Waals surface area contributed by atoms with Gasteiger partial charge < -0.3 is 9.88 Å². The van der Waals surface area contributed by atoms with Gasteiger partial charge in [-0.15, -0.1) is 11.3 Å². The van der Waals surface area contributed by atoms with Crippen molar-refractivity contribution in [2.24, 2.45) is 0 Å². The van der Waals surface area contributed by atoms with Crippen LogP contribution in [0.1, 0.15) is 30.5 Å². The average Bonchev–Trinajstić information content (AvgIpc) is 3.69. The second-order valence-corrected chi connectivity index (χ2v) is 10.8. The fourth-order valence-electron chi connectivity index (χ4n) is 5.90. The van der Waals surface area contributed by atoms with Gasteiger partial charge in [-0.2, -0.15) is 0 Å². The third kappa shape index (κ3) is 3.74. The van der Waals surface area contributed by atoms with E-state index in [9.17, 15) is 14.0 Å². The number of benzene rings is 1. The number of alkyl halides is 1.